The lowest BCUT2D eigenvalue weighted by Crippen LogP contribution is -1.48. The molecule has 1 aliphatic carbocycles. The molecule has 0 spiro atoms. The molecule has 1 aliphatic rings. The van der Waals surface area contributed by atoms with Crippen LogP contribution in [-0.4, -0.2) is 0 Å². The molecular weight excluding hydrogens is 132 g/mol. The second-order valence-electron chi connectivity index (χ2n) is 2.72. The Kier molecular flexibility index (Phi) is 1.60. The molecule has 0 aromatic heterocycles. The molecule has 0 aliphatic heterocycles. The minimum absolute atomic E-state index is 1.18. The first-order valence-electron chi connectivity index (χ1n) is 3.87. The van der Waals surface area contributed by atoms with Crippen molar-refractivity contribution in [3.05, 3.63) is 59.7 Å². The van der Waals surface area contributed by atoms with Gasteiger partial charge in [-0.2, -0.15) is 0 Å². The summed E-state index contributed by atoms with van der Waals surface area (Å²) in [6, 6.07) is 16.7. The highest BCUT2D eigenvalue weighted by Crippen LogP contribution is 2.23. The van der Waals surface area contributed by atoms with Gasteiger partial charge in [0.25, 0.3) is 0 Å². The first kappa shape index (κ1) is 6.41. The van der Waals surface area contributed by atoms with E-state index in [0.29, 0.717) is 0 Å². The lowest BCUT2D eigenvalue weighted by atomic mass is 10.4. The Bertz CT molecular complexity index is 280. The first-order chi connectivity index (χ1) is 5.47. The highest BCUT2D eigenvalue weighted by atomic mass is 14.1. The summed E-state index contributed by atoms with van der Waals surface area (Å²) in [6.45, 7) is 0. The quantitative estimate of drug-likeness (QED) is 0.530. The van der Waals surface area contributed by atoms with Gasteiger partial charge >= 0.3 is 0 Å². The molecule has 0 N–H and O–H groups in total. The van der Waals surface area contributed by atoms with Crippen LogP contribution in [-0.2, 0) is 6.42 Å². The van der Waals surface area contributed by atoms with Crippen LogP contribution in [0, 0.1) is 0 Å². The summed E-state index contributed by atoms with van der Waals surface area (Å²) in [5.41, 5.74) is 2.95. The van der Waals surface area contributed by atoms with E-state index in [-0.39, 0.29) is 0 Å². The lowest BCUT2D eigenvalue weighted by Gasteiger charge is -1.69. The monoisotopic (exact) mass is 142 g/mol. The topological polar surface area (TPSA) is 0 Å². The average Bonchev–Trinajstić information content (AvgIpc) is 2.76. The van der Waals surface area contributed by atoms with E-state index >= 15 is 0 Å². The van der Waals surface area contributed by atoms with E-state index in [9.17, 15) is 0 Å². The zero-order valence-corrected chi connectivity index (χ0v) is 6.33. The maximum atomic E-state index is 2.18. The van der Waals surface area contributed by atoms with Crippen LogP contribution in [0.1, 0.15) is 11.1 Å². The summed E-state index contributed by atoms with van der Waals surface area (Å²) in [7, 11) is 0. The second kappa shape index (κ2) is 2.75. The second-order valence-corrected chi connectivity index (χ2v) is 2.72. The van der Waals surface area contributed by atoms with Crippen LogP contribution < -0.4 is 0 Å². The van der Waals surface area contributed by atoms with Crippen molar-refractivity contribution >= 4 is 0 Å². The normalized spacial score (nSPS) is 11.3. The van der Waals surface area contributed by atoms with Crippen LogP contribution in [0.15, 0.2) is 48.5 Å². The minimum atomic E-state index is 1.18. The highest BCUT2D eigenvalue weighted by Gasteiger charge is 2.10. The molecular formula is C11H10. The third kappa shape index (κ3) is 1.58. The van der Waals surface area contributed by atoms with Gasteiger partial charge in [0, 0.05) is 0 Å². The Morgan fingerprint density at radius 2 is 1.09 bits per heavy atom. The summed E-state index contributed by atoms with van der Waals surface area (Å²) in [5.74, 6) is 0. The van der Waals surface area contributed by atoms with Gasteiger partial charge < -0.3 is 0 Å². The number of hydrogen-bond donors (Lipinski definition) is 0. The Morgan fingerprint density at radius 1 is 0.636 bits per heavy atom. The molecule has 54 valence electrons. The fourth-order valence-electron chi connectivity index (χ4n) is 1.09. The van der Waals surface area contributed by atoms with E-state index in [1.165, 1.54) is 17.5 Å². The molecule has 0 nitrogen and oxygen atoms in total. The number of rotatable bonds is 0. The number of fused-ring (bicyclic) bond motifs is 1. The van der Waals surface area contributed by atoms with Crippen LogP contribution in [0.2, 0.25) is 0 Å². The Labute approximate surface area is 66.8 Å². The van der Waals surface area contributed by atoms with Gasteiger partial charge in [-0.3, -0.25) is 0 Å². The highest BCUT2D eigenvalue weighted by molar-refractivity contribution is 5.42. The van der Waals surface area contributed by atoms with Crippen LogP contribution in [0.25, 0.3) is 0 Å². The number of hydrogen-bond acceptors (Lipinski definition) is 0. The van der Waals surface area contributed by atoms with Crippen LogP contribution in [0.3, 0.4) is 0 Å². The van der Waals surface area contributed by atoms with E-state index < -0.39 is 0 Å². The van der Waals surface area contributed by atoms with Crippen molar-refractivity contribution in [2.45, 2.75) is 6.42 Å². The molecule has 0 fully saturated rings. The van der Waals surface area contributed by atoms with E-state index in [1.807, 2.05) is 12.1 Å². The molecule has 0 heteroatoms. The largest absolute Gasteiger partial charge is 0.0623 e. The van der Waals surface area contributed by atoms with Gasteiger partial charge in [0.2, 0.25) is 0 Å². The zero-order valence-electron chi connectivity index (χ0n) is 6.33. The molecule has 0 bridgehead atoms. The Hall–Kier alpha value is -1.30. The van der Waals surface area contributed by atoms with Gasteiger partial charge in [-0.1, -0.05) is 48.5 Å². The summed E-state index contributed by atoms with van der Waals surface area (Å²) < 4.78 is 0. The first-order valence-corrected chi connectivity index (χ1v) is 3.87. The van der Waals surface area contributed by atoms with Crippen LogP contribution in [0.5, 0.6) is 0 Å². The van der Waals surface area contributed by atoms with Crippen molar-refractivity contribution < 1.29 is 0 Å². The lowest BCUT2D eigenvalue weighted by molar-refractivity contribution is 1.58. The van der Waals surface area contributed by atoms with Gasteiger partial charge in [-0.05, 0) is 17.5 Å². The van der Waals surface area contributed by atoms with Gasteiger partial charge in [0.05, 0.1) is 0 Å². The van der Waals surface area contributed by atoms with Gasteiger partial charge in [-0.25, -0.2) is 0 Å². The fourth-order valence-corrected chi connectivity index (χ4v) is 1.09. The molecule has 0 saturated heterocycles. The van der Waals surface area contributed by atoms with Crippen molar-refractivity contribution in [3.63, 3.8) is 0 Å². The van der Waals surface area contributed by atoms with E-state index in [0.717, 1.165) is 0 Å². The van der Waals surface area contributed by atoms with Gasteiger partial charge in [0.1, 0.15) is 0 Å². The third-order valence-electron chi connectivity index (χ3n) is 1.82. The van der Waals surface area contributed by atoms with Gasteiger partial charge in [-0.15, -0.1) is 0 Å². The summed E-state index contributed by atoms with van der Waals surface area (Å²) in [5, 5.41) is 0. The third-order valence-corrected chi connectivity index (χ3v) is 1.82. The smallest absolute Gasteiger partial charge is 0.00201 e. The standard InChI is InChI=1S/C11H10/c1-2-4-6-8-11-9-10(11)7-5-3-1/h1-8H,9H2. The van der Waals surface area contributed by atoms with Crippen molar-refractivity contribution in [2.75, 3.05) is 0 Å². The Balaban J connectivity index is 2.50. The molecule has 0 atom stereocenters. The maximum absolute atomic E-state index is 2.18. The predicted molar refractivity (Wildman–Crippen MR) is 46.9 cm³/mol. The molecule has 0 unspecified atom stereocenters. The van der Waals surface area contributed by atoms with E-state index in [4.69, 9.17) is 0 Å². The average molecular weight is 142 g/mol. The van der Waals surface area contributed by atoms with Crippen LogP contribution >= 0.6 is 0 Å². The Morgan fingerprint density at radius 3 is 1.64 bits per heavy atom. The summed E-state index contributed by atoms with van der Waals surface area (Å²) in [6.07, 6.45) is 1.18. The molecule has 0 amide bonds. The van der Waals surface area contributed by atoms with E-state index in [2.05, 4.69) is 36.4 Å². The SMILES string of the molecule is c1ccccc2c(ccc1)C2. The summed E-state index contributed by atoms with van der Waals surface area (Å²) >= 11 is 0. The zero-order chi connectivity index (χ0) is 7.52. The van der Waals surface area contributed by atoms with Gasteiger partial charge in [0.15, 0.2) is 0 Å². The fraction of sp³-hybridized carbons (Fsp3) is 0.0909. The molecule has 0 heterocycles. The molecule has 0 saturated carbocycles. The predicted octanol–water partition coefficient (Wildman–Crippen LogP) is 2.72. The molecule has 0 radical (unpaired) electrons. The maximum Gasteiger partial charge on any atom is -0.00201 e. The van der Waals surface area contributed by atoms with Crippen molar-refractivity contribution in [3.8, 4) is 0 Å². The molecule has 2 rings (SSSR count). The van der Waals surface area contributed by atoms with Crippen molar-refractivity contribution in [2.24, 2.45) is 0 Å². The van der Waals surface area contributed by atoms with E-state index in [1.54, 1.807) is 0 Å². The molecule has 11 heavy (non-hydrogen) atoms. The van der Waals surface area contributed by atoms with Crippen LogP contribution in [0.4, 0.5) is 0 Å². The molecule has 1 aromatic carbocycles. The minimum Gasteiger partial charge on any atom is -0.0623 e. The molecule has 1 aromatic rings. The van der Waals surface area contributed by atoms with Crippen molar-refractivity contribution in [1.29, 1.82) is 0 Å². The summed E-state index contributed by atoms with van der Waals surface area (Å²) in [4.78, 5) is 0. The van der Waals surface area contributed by atoms with Crippen molar-refractivity contribution in [1.82, 2.24) is 0 Å².